The van der Waals surface area contributed by atoms with Crippen molar-refractivity contribution in [2.75, 3.05) is 19.6 Å². The van der Waals surface area contributed by atoms with Crippen LogP contribution in [0.2, 0.25) is 0 Å². The lowest BCUT2D eigenvalue weighted by Gasteiger charge is -2.09. The number of hydrogen-bond acceptors (Lipinski definition) is 4. The predicted molar refractivity (Wildman–Crippen MR) is 117 cm³/mol. The molecule has 156 valence electrons. The average molecular weight is 405 g/mol. The number of imidazole rings is 1. The van der Waals surface area contributed by atoms with E-state index in [2.05, 4.69) is 70.2 Å². The molecule has 2 unspecified atom stereocenters. The summed E-state index contributed by atoms with van der Waals surface area (Å²) in [6.07, 6.45) is 2.89. The number of nitrogens with zero attached hydrogens (tertiary/aromatic N) is 2. The summed E-state index contributed by atoms with van der Waals surface area (Å²) in [4.78, 5) is 13.7. The first-order valence-corrected chi connectivity index (χ1v) is 10.4. The highest BCUT2D eigenvalue weighted by Crippen LogP contribution is 2.47. The monoisotopic (exact) mass is 404 g/mol. The summed E-state index contributed by atoms with van der Waals surface area (Å²) >= 11 is 0. The molecule has 1 aliphatic heterocycles. The Bertz CT molecular complexity index is 976. The second-order valence-corrected chi connectivity index (χ2v) is 8.08. The molecule has 0 radical (unpaired) electrons. The molecular formula is C24H28N4O2. The van der Waals surface area contributed by atoms with Gasteiger partial charge in [0, 0.05) is 19.8 Å². The Morgan fingerprint density at radius 1 is 1.13 bits per heavy atom. The van der Waals surface area contributed by atoms with Crippen molar-refractivity contribution < 1.29 is 9.90 Å². The van der Waals surface area contributed by atoms with Crippen LogP contribution in [0.1, 0.15) is 16.1 Å². The summed E-state index contributed by atoms with van der Waals surface area (Å²) < 4.78 is 1.59. The van der Waals surface area contributed by atoms with Crippen LogP contribution in [0.4, 0.5) is 0 Å². The standard InChI is InChI=1S/C19H22N2.C5H6N2O2/c1-2-6-15(7-3-1)16-8-4-5-14(9-16)10-20-11-17-18-12-21-13-19(17)18;1-7-2-4(5(8)9)6-3-7/h1-9,17-21H,10-13H2;2-3H,1H3,(H,8,9). The number of rotatable bonds is 6. The minimum absolute atomic E-state index is 0.0810. The molecule has 2 aromatic carbocycles. The molecule has 6 nitrogen and oxygen atoms in total. The quantitative estimate of drug-likeness (QED) is 0.589. The fourth-order valence-electron chi connectivity index (χ4n) is 4.25. The molecule has 1 saturated heterocycles. The van der Waals surface area contributed by atoms with Crippen LogP contribution >= 0.6 is 0 Å². The number of carboxylic acids is 1. The normalized spacial score (nSPS) is 21.4. The van der Waals surface area contributed by atoms with Crippen molar-refractivity contribution in [3.63, 3.8) is 0 Å². The smallest absolute Gasteiger partial charge is 0.356 e. The number of carbonyl (C=O) groups is 1. The van der Waals surface area contributed by atoms with Crippen LogP contribution in [0.25, 0.3) is 11.1 Å². The number of aromatic nitrogens is 2. The van der Waals surface area contributed by atoms with Crippen molar-refractivity contribution >= 4 is 5.97 Å². The van der Waals surface area contributed by atoms with Crippen LogP contribution in [0.3, 0.4) is 0 Å². The summed E-state index contributed by atoms with van der Waals surface area (Å²) in [5.41, 5.74) is 4.06. The number of nitrogens with one attached hydrogen (secondary N) is 2. The Balaban J connectivity index is 0.000000204. The van der Waals surface area contributed by atoms with E-state index in [1.54, 1.807) is 11.6 Å². The van der Waals surface area contributed by atoms with E-state index in [0.717, 1.165) is 24.3 Å². The lowest BCUT2D eigenvalue weighted by atomic mass is 10.0. The zero-order chi connectivity index (χ0) is 20.9. The van der Waals surface area contributed by atoms with Crippen molar-refractivity contribution in [2.24, 2.45) is 24.8 Å². The SMILES string of the molecule is Cn1cnc(C(=O)O)c1.c1ccc(-c2cccc(CNCC3C4CNCC34)c2)cc1. The first-order chi connectivity index (χ1) is 14.6. The lowest BCUT2D eigenvalue weighted by Crippen LogP contribution is -2.23. The van der Waals surface area contributed by atoms with Crippen molar-refractivity contribution in [2.45, 2.75) is 6.54 Å². The second kappa shape index (κ2) is 9.24. The minimum atomic E-state index is -0.990. The van der Waals surface area contributed by atoms with Gasteiger partial charge in [-0.25, -0.2) is 9.78 Å². The molecular weight excluding hydrogens is 376 g/mol. The molecule has 3 aromatic rings. The highest BCUT2D eigenvalue weighted by Gasteiger charge is 2.51. The van der Waals surface area contributed by atoms with E-state index in [0.29, 0.717) is 0 Å². The summed E-state index contributed by atoms with van der Waals surface area (Å²) in [6, 6.07) is 19.5. The predicted octanol–water partition coefficient (Wildman–Crippen LogP) is 3.03. The second-order valence-electron chi connectivity index (χ2n) is 8.08. The van der Waals surface area contributed by atoms with E-state index in [9.17, 15) is 4.79 Å². The Hall–Kier alpha value is -2.96. The number of fused-ring (bicyclic) bond motifs is 1. The molecule has 2 heterocycles. The van der Waals surface area contributed by atoms with Gasteiger partial charge in [0.05, 0.1) is 6.33 Å². The van der Waals surface area contributed by atoms with Gasteiger partial charge in [0.15, 0.2) is 5.69 Å². The van der Waals surface area contributed by atoms with Gasteiger partial charge in [-0.05, 0) is 60.1 Å². The Morgan fingerprint density at radius 3 is 2.50 bits per heavy atom. The fourth-order valence-corrected chi connectivity index (χ4v) is 4.25. The third kappa shape index (κ3) is 4.96. The number of carboxylic acid groups (broad SMARTS) is 1. The number of benzene rings is 2. The van der Waals surface area contributed by atoms with E-state index >= 15 is 0 Å². The van der Waals surface area contributed by atoms with Crippen molar-refractivity contribution in [3.8, 4) is 11.1 Å². The van der Waals surface area contributed by atoms with Crippen LogP contribution in [0, 0.1) is 17.8 Å². The van der Waals surface area contributed by atoms with Gasteiger partial charge in [0.25, 0.3) is 0 Å². The summed E-state index contributed by atoms with van der Waals surface area (Å²) in [5.74, 6) is 1.83. The maximum atomic E-state index is 10.1. The number of aryl methyl sites for hydroxylation is 1. The van der Waals surface area contributed by atoms with Gasteiger partial charge in [-0.2, -0.15) is 0 Å². The van der Waals surface area contributed by atoms with Gasteiger partial charge in [0.2, 0.25) is 0 Å². The Morgan fingerprint density at radius 2 is 1.87 bits per heavy atom. The number of piperidine rings is 1. The number of hydrogen-bond donors (Lipinski definition) is 3. The molecule has 5 rings (SSSR count). The molecule has 0 spiro atoms. The van der Waals surface area contributed by atoms with Crippen molar-refractivity contribution in [3.05, 3.63) is 78.4 Å². The zero-order valence-corrected chi connectivity index (χ0v) is 17.2. The topological polar surface area (TPSA) is 79.2 Å². The summed E-state index contributed by atoms with van der Waals surface area (Å²) in [6.45, 7) is 4.62. The van der Waals surface area contributed by atoms with Gasteiger partial charge in [0.1, 0.15) is 0 Å². The van der Waals surface area contributed by atoms with Crippen LogP contribution in [-0.4, -0.2) is 40.3 Å². The van der Waals surface area contributed by atoms with Crippen molar-refractivity contribution in [1.82, 2.24) is 20.2 Å². The lowest BCUT2D eigenvalue weighted by molar-refractivity contribution is 0.0691. The maximum absolute atomic E-state index is 10.1. The summed E-state index contributed by atoms with van der Waals surface area (Å²) in [7, 11) is 1.72. The van der Waals surface area contributed by atoms with Crippen LogP contribution in [0.5, 0.6) is 0 Å². The molecule has 2 aliphatic rings. The van der Waals surface area contributed by atoms with Crippen LogP contribution < -0.4 is 10.6 Å². The molecule has 0 amide bonds. The Labute approximate surface area is 177 Å². The van der Waals surface area contributed by atoms with Gasteiger partial charge >= 0.3 is 5.97 Å². The molecule has 1 aromatic heterocycles. The van der Waals surface area contributed by atoms with E-state index in [1.807, 2.05) is 0 Å². The largest absolute Gasteiger partial charge is 0.476 e. The van der Waals surface area contributed by atoms with Crippen molar-refractivity contribution in [1.29, 1.82) is 0 Å². The van der Waals surface area contributed by atoms with E-state index in [1.165, 1.54) is 48.8 Å². The van der Waals surface area contributed by atoms with Gasteiger partial charge in [-0.15, -0.1) is 0 Å². The highest BCUT2D eigenvalue weighted by atomic mass is 16.4. The molecule has 6 heteroatoms. The first kappa shape index (κ1) is 20.3. The van der Waals surface area contributed by atoms with Crippen LogP contribution in [0.15, 0.2) is 67.1 Å². The molecule has 2 fully saturated rings. The van der Waals surface area contributed by atoms with E-state index in [4.69, 9.17) is 5.11 Å². The molecule has 1 saturated carbocycles. The molecule has 1 aliphatic carbocycles. The van der Waals surface area contributed by atoms with Crippen LogP contribution in [-0.2, 0) is 13.6 Å². The van der Waals surface area contributed by atoms with Gasteiger partial charge < -0.3 is 20.3 Å². The molecule has 0 bridgehead atoms. The third-order valence-corrected chi connectivity index (χ3v) is 5.94. The minimum Gasteiger partial charge on any atom is -0.476 e. The average Bonchev–Trinajstić information content (AvgIpc) is 3.12. The van der Waals surface area contributed by atoms with E-state index in [-0.39, 0.29) is 5.69 Å². The summed E-state index contributed by atoms with van der Waals surface area (Å²) in [5, 5.41) is 15.4. The van der Waals surface area contributed by atoms with E-state index < -0.39 is 5.97 Å². The first-order valence-electron chi connectivity index (χ1n) is 10.4. The molecule has 2 atom stereocenters. The number of aromatic carboxylic acids is 1. The van der Waals surface area contributed by atoms with Gasteiger partial charge in [-0.3, -0.25) is 0 Å². The Kier molecular flexibility index (Phi) is 6.26. The maximum Gasteiger partial charge on any atom is 0.356 e. The molecule has 3 N–H and O–H groups in total. The highest BCUT2D eigenvalue weighted by molar-refractivity contribution is 5.84. The van der Waals surface area contributed by atoms with Gasteiger partial charge in [-0.1, -0.05) is 48.5 Å². The fraction of sp³-hybridized carbons (Fsp3) is 0.333. The third-order valence-electron chi connectivity index (χ3n) is 5.94. The molecule has 30 heavy (non-hydrogen) atoms. The zero-order valence-electron chi connectivity index (χ0n) is 17.2.